The number of nitrogens with one attached hydrogen (secondary N) is 3. The number of anilines is 1. The summed E-state index contributed by atoms with van der Waals surface area (Å²) in [5.74, 6) is -0.961. The van der Waals surface area contributed by atoms with Gasteiger partial charge >= 0.3 is 0 Å². The number of rotatable bonds is 2. The highest BCUT2D eigenvalue weighted by atomic mass is 19.1. The number of H-pyrrole nitrogens is 2. The van der Waals surface area contributed by atoms with E-state index in [0.717, 1.165) is 12.1 Å². The van der Waals surface area contributed by atoms with Crippen LogP contribution in [0.2, 0.25) is 0 Å². The lowest BCUT2D eigenvalue weighted by Crippen LogP contribution is -2.21. The van der Waals surface area contributed by atoms with E-state index < -0.39 is 22.8 Å². The van der Waals surface area contributed by atoms with Crippen LogP contribution in [-0.4, -0.2) is 16.1 Å². The molecule has 0 saturated carbocycles. The number of hydrogen-bond acceptors (Lipinski definition) is 3. The average Bonchev–Trinajstić information content (AvgIpc) is 2.52. The first-order chi connectivity index (χ1) is 10.6. The van der Waals surface area contributed by atoms with Gasteiger partial charge in [0.2, 0.25) is 0 Å². The first-order valence-corrected chi connectivity index (χ1v) is 6.37. The minimum atomic E-state index is -0.524. The second-order valence-electron chi connectivity index (χ2n) is 4.60. The van der Waals surface area contributed by atoms with Crippen LogP contribution in [0.1, 0.15) is 10.4 Å². The van der Waals surface area contributed by atoms with E-state index in [1.165, 1.54) is 24.3 Å². The Morgan fingerprint density at radius 3 is 2.36 bits per heavy atom. The summed E-state index contributed by atoms with van der Waals surface area (Å²) >= 11 is 0. The third kappa shape index (κ3) is 2.39. The Morgan fingerprint density at radius 1 is 0.955 bits per heavy atom. The zero-order valence-corrected chi connectivity index (χ0v) is 11.1. The minimum Gasteiger partial charge on any atom is -0.321 e. The van der Waals surface area contributed by atoms with Crippen molar-refractivity contribution in [3.05, 3.63) is 74.6 Å². The maximum absolute atomic E-state index is 12.9. The van der Waals surface area contributed by atoms with Gasteiger partial charge in [0.1, 0.15) is 5.82 Å². The molecule has 0 aliphatic heterocycles. The lowest BCUT2D eigenvalue weighted by Gasteiger charge is -2.07. The van der Waals surface area contributed by atoms with Crippen molar-refractivity contribution in [2.75, 3.05) is 5.32 Å². The molecule has 1 heterocycles. The summed E-state index contributed by atoms with van der Waals surface area (Å²) in [7, 11) is 0. The highest BCUT2D eigenvalue weighted by Crippen LogP contribution is 2.17. The van der Waals surface area contributed by atoms with E-state index in [4.69, 9.17) is 0 Å². The van der Waals surface area contributed by atoms with Gasteiger partial charge in [-0.1, -0.05) is 6.07 Å². The van der Waals surface area contributed by atoms with Crippen LogP contribution in [0.15, 0.2) is 52.1 Å². The molecule has 2 aromatic carbocycles. The summed E-state index contributed by atoms with van der Waals surface area (Å²) in [6.45, 7) is 0. The SMILES string of the molecule is O=C(Nc1cccc2c(=O)[nH][nH]c(=O)c12)c1ccc(F)cc1. The molecule has 0 spiro atoms. The molecule has 7 heteroatoms. The van der Waals surface area contributed by atoms with Crippen LogP contribution in [0.5, 0.6) is 0 Å². The van der Waals surface area contributed by atoms with Crippen LogP contribution >= 0.6 is 0 Å². The van der Waals surface area contributed by atoms with E-state index in [0.29, 0.717) is 0 Å². The van der Waals surface area contributed by atoms with E-state index in [1.54, 1.807) is 6.07 Å². The van der Waals surface area contributed by atoms with Gasteiger partial charge in [-0.25, -0.2) is 4.39 Å². The molecule has 0 fully saturated rings. The van der Waals surface area contributed by atoms with Crippen LogP contribution < -0.4 is 16.4 Å². The Morgan fingerprint density at radius 2 is 1.64 bits per heavy atom. The van der Waals surface area contributed by atoms with Gasteiger partial charge in [-0.15, -0.1) is 0 Å². The van der Waals surface area contributed by atoms with Crippen molar-refractivity contribution >= 4 is 22.4 Å². The number of hydrogen-bond donors (Lipinski definition) is 3. The number of halogens is 1. The van der Waals surface area contributed by atoms with E-state index in [9.17, 15) is 18.8 Å². The molecule has 3 aromatic rings. The van der Waals surface area contributed by atoms with E-state index in [-0.39, 0.29) is 22.0 Å². The Bertz CT molecular complexity index is 974. The Labute approximate surface area is 122 Å². The highest BCUT2D eigenvalue weighted by molar-refractivity contribution is 6.08. The lowest BCUT2D eigenvalue weighted by molar-refractivity contribution is 0.102. The van der Waals surface area contributed by atoms with Gasteiger partial charge in [0.05, 0.1) is 16.5 Å². The Kier molecular flexibility index (Phi) is 3.30. The second-order valence-corrected chi connectivity index (χ2v) is 4.60. The third-order valence-corrected chi connectivity index (χ3v) is 3.18. The molecule has 0 unspecified atom stereocenters. The van der Waals surface area contributed by atoms with Crippen LogP contribution in [0.4, 0.5) is 10.1 Å². The molecule has 0 aliphatic carbocycles. The van der Waals surface area contributed by atoms with Crippen molar-refractivity contribution < 1.29 is 9.18 Å². The van der Waals surface area contributed by atoms with Gasteiger partial charge in [-0.3, -0.25) is 24.6 Å². The summed E-state index contributed by atoms with van der Waals surface area (Å²) < 4.78 is 12.9. The van der Waals surface area contributed by atoms with Crippen LogP contribution in [0.25, 0.3) is 10.8 Å². The molecule has 1 amide bonds. The fourth-order valence-electron chi connectivity index (χ4n) is 2.13. The second kappa shape index (κ2) is 5.28. The van der Waals surface area contributed by atoms with Crippen molar-refractivity contribution in [3.63, 3.8) is 0 Å². The zero-order valence-electron chi connectivity index (χ0n) is 11.1. The maximum Gasteiger partial charge on any atom is 0.272 e. The standard InChI is InChI=1S/C15H10FN3O3/c16-9-6-4-8(5-7-9)13(20)17-11-3-1-2-10-12(11)15(22)19-18-14(10)21/h1-7H,(H,17,20)(H,18,21)(H,19,22). The van der Waals surface area contributed by atoms with Gasteiger partial charge in [-0.2, -0.15) is 0 Å². The molecule has 6 nitrogen and oxygen atoms in total. The van der Waals surface area contributed by atoms with Gasteiger partial charge in [0, 0.05) is 5.56 Å². The number of carbonyl (C=O) groups is 1. The average molecular weight is 299 g/mol. The fourth-order valence-corrected chi connectivity index (χ4v) is 2.13. The lowest BCUT2D eigenvalue weighted by atomic mass is 10.1. The van der Waals surface area contributed by atoms with Crippen LogP contribution in [0, 0.1) is 5.82 Å². The maximum atomic E-state index is 12.9. The molecule has 3 N–H and O–H groups in total. The van der Waals surface area contributed by atoms with Gasteiger partial charge in [0.15, 0.2) is 0 Å². The first kappa shape index (κ1) is 13.7. The molecule has 0 bridgehead atoms. The van der Waals surface area contributed by atoms with Crippen LogP contribution in [0.3, 0.4) is 0 Å². The smallest absolute Gasteiger partial charge is 0.272 e. The predicted octanol–water partition coefficient (Wildman–Crippen LogP) is 1.61. The van der Waals surface area contributed by atoms with Crippen molar-refractivity contribution in [3.8, 4) is 0 Å². The van der Waals surface area contributed by atoms with Crippen molar-refractivity contribution in [1.82, 2.24) is 10.2 Å². The number of amides is 1. The normalized spacial score (nSPS) is 10.6. The molecule has 1 aromatic heterocycles. The van der Waals surface area contributed by atoms with Crippen molar-refractivity contribution in [2.24, 2.45) is 0 Å². The minimum absolute atomic E-state index is 0.0849. The predicted molar refractivity (Wildman–Crippen MR) is 79.5 cm³/mol. The van der Waals surface area contributed by atoms with Gasteiger partial charge in [-0.05, 0) is 36.4 Å². The van der Waals surface area contributed by atoms with Gasteiger partial charge in [0.25, 0.3) is 17.0 Å². The third-order valence-electron chi connectivity index (χ3n) is 3.18. The zero-order chi connectivity index (χ0) is 15.7. The Hall–Kier alpha value is -3.22. The summed E-state index contributed by atoms with van der Waals surface area (Å²) in [4.78, 5) is 35.7. The number of carbonyl (C=O) groups excluding carboxylic acids is 1. The first-order valence-electron chi connectivity index (χ1n) is 6.37. The molecule has 110 valence electrons. The molecule has 0 radical (unpaired) electrons. The van der Waals surface area contributed by atoms with Crippen molar-refractivity contribution in [2.45, 2.75) is 0 Å². The van der Waals surface area contributed by atoms with E-state index in [2.05, 4.69) is 15.5 Å². The molecular formula is C15H10FN3O3. The monoisotopic (exact) mass is 299 g/mol. The topological polar surface area (TPSA) is 94.8 Å². The van der Waals surface area contributed by atoms with Crippen LogP contribution in [-0.2, 0) is 0 Å². The number of aromatic nitrogens is 2. The largest absolute Gasteiger partial charge is 0.321 e. The summed E-state index contributed by atoms with van der Waals surface area (Å²) in [5, 5.41) is 7.23. The molecular weight excluding hydrogens is 289 g/mol. The summed E-state index contributed by atoms with van der Waals surface area (Å²) in [6.07, 6.45) is 0. The molecule has 3 rings (SSSR count). The van der Waals surface area contributed by atoms with Gasteiger partial charge < -0.3 is 5.32 Å². The Balaban J connectivity index is 2.06. The summed E-state index contributed by atoms with van der Waals surface area (Å²) in [5.41, 5.74) is -0.545. The molecule has 0 aliphatic rings. The molecule has 22 heavy (non-hydrogen) atoms. The van der Waals surface area contributed by atoms with E-state index in [1.807, 2.05) is 0 Å². The van der Waals surface area contributed by atoms with Crippen molar-refractivity contribution in [1.29, 1.82) is 0 Å². The summed E-state index contributed by atoms with van der Waals surface area (Å²) in [6, 6.07) is 9.53. The number of fused-ring (bicyclic) bond motifs is 1. The molecule has 0 atom stereocenters. The number of aromatic amines is 2. The molecule has 0 saturated heterocycles. The number of benzene rings is 2. The highest BCUT2D eigenvalue weighted by Gasteiger charge is 2.12. The fraction of sp³-hybridized carbons (Fsp3) is 0. The quantitative estimate of drug-likeness (QED) is 0.671. The van der Waals surface area contributed by atoms with E-state index >= 15 is 0 Å².